The molecule has 0 heterocycles. The van der Waals surface area contributed by atoms with Crippen molar-refractivity contribution in [3.63, 3.8) is 0 Å². The van der Waals surface area contributed by atoms with Gasteiger partial charge in [-0.05, 0) is 42.8 Å². The number of aromatic hydroxyl groups is 1. The van der Waals surface area contributed by atoms with Crippen LogP contribution in [0.3, 0.4) is 0 Å². The van der Waals surface area contributed by atoms with Gasteiger partial charge in [0.1, 0.15) is 30.5 Å². The summed E-state index contributed by atoms with van der Waals surface area (Å²) in [4.78, 5) is 0. The minimum Gasteiger partial charge on any atom is -0.507 e. The van der Waals surface area contributed by atoms with Crippen molar-refractivity contribution in [3.8, 4) is 28.4 Å². The van der Waals surface area contributed by atoms with Crippen LogP contribution >= 0.6 is 0 Å². The molecule has 0 atom stereocenters. The zero-order valence-corrected chi connectivity index (χ0v) is 11.3. The highest BCUT2D eigenvalue weighted by Crippen LogP contribution is 2.33. The molecule has 0 saturated carbocycles. The van der Waals surface area contributed by atoms with Crippen molar-refractivity contribution in [2.45, 2.75) is 6.92 Å². The molecular weight excluding hydrogens is 259 g/mol. The van der Waals surface area contributed by atoms with Gasteiger partial charge in [-0.25, -0.2) is 4.39 Å². The van der Waals surface area contributed by atoms with Gasteiger partial charge in [0.05, 0.1) is 6.61 Å². The van der Waals surface area contributed by atoms with Crippen molar-refractivity contribution in [1.29, 1.82) is 0 Å². The van der Waals surface area contributed by atoms with Crippen molar-refractivity contribution < 1.29 is 19.0 Å². The second-order valence-electron chi connectivity index (χ2n) is 4.17. The molecule has 0 aromatic heterocycles. The molecule has 0 amide bonds. The molecule has 0 radical (unpaired) electrons. The minimum atomic E-state index is -0.515. The van der Waals surface area contributed by atoms with Crippen LogP contribution in [0.15, 0.2) is 42.5 Å². The molecule has 0 aliphatic rings. The predicted molar refractivity (Wildman–Crippen MR) is 76.2 cm³/mol. The molecule has 0 aliphatic heterocycles. The van der Waals surface area contributed by atoms with E-state index in [9.17, 15) is 9.50 Å². The standard InChI is InChI=1S/C16H17FO3/c1-2-19-14-7-8-16(18)15(11-14)12-3-5-13(6-4-12)20-10-9-17/h3-8,11,18H,2,9-10H2,1H3. The van der Waals surface area contributed by atoms with Crippen LogP contribution < -0.4 is 9.47 Å². The summed E-state index contributed by atoms with van der Waals surface area (Å²) in [5.74, 6) is 1.50. The molecule has 20 heavy (non-hydrogen) atoms. The summed E-state index contributed by atoms with van der Waals surface area (Å²) in [6.45, 7) is 2.01. The van der Waals surface area contributed by atoms with Crippen LogP contribution in [0, 0.1) is 0 Å². The predicted octanol–water partition coefficient (Wildman–Crippen LogP) is 3.81. The Bertz CT molecular complexity index is 552. The third-order valence-corrected chi connectivity index (χ3v) is 2.79. The van der Waals surface area contributed by atoms with E-state index in [1.165, 1.54) is 0 Å². The normalized spacial score (nSPS) is 10.3. The second-order valence-corrected chi connectivity index (χ2v) is 4.17. The Morgan fingerprint density at radius 1 is 1.00 bits per heavy atom. The fraction of sp³-hybridized carbons (Fsp3) is 0.250. The van der Waals surface area contributed by atoms with Crippen LogP contribution in [-0.4, -0.2) is 25.0 Å². The van der Waals surface area contributed by atoms with E-state index in [0.29, 0.717) is 23.7 Å². The Morgan fingerprint density at radius 2 is 1.70 bits per heavy atom. The summed E-state index contributed by atoms with van der Waals surface area (Å²) < 4.78 is 22.6. The van der Waals surface area contributed by atoms with E-state index < -0.39 is 6.67 Å². The lowest BCUT2D eigenvalue weighted by Crippen LogP contribution is -1.98. The first-order valence-corrected chi connectivity index (χ1v) is 6.49. The van der Waals surface area contributed by atoms with Gasteiger partial charge in [0.25, 0.3) is 0 Å². The molecule has 0 fully saturated rings. The molecule has 0 saturated heterocycles. The van der Waals surface area contributed by atoms with E-state index in [1.54, 1.807) is 30.3 Å². The van der Waals surface area contributed by atoms with Gasteiger partial charge in [-0.1, -0.05) is 12.1 Å². The molecule has 1 N–H and O–H groups in total. The van der Waals surface area contributed by atoms with Gasteiger partial charge in [0.15, 0.2) is 0 Å². The molecule has 0 bridgehead atoms. The summed E-state index contributed by atoms with van der Waals surface area (Å²) in [5, 5.41) is 9.93. The van der Waals surface area contributed by atoms with Crippen molar-refractivity contribution >= 4 is 0 Å². The van der Waals surface area contributed by atoms with Gasteiger partial charge >= 0.3 is 0 Å². The zero-order chi connectivity index (χ0) is 14.4. The average Bonchev–Trinajstić information content (AvgIpc) is 2.48. The van der Waals surface area contributed by atoms with E-state index in [-0.39, 0.29) is 12.4 Å². The number of hydrogen-bond acceptors (Lipinski definition) is 3. The molecule has 2 aromatic carbocycles. The largest absolute Gasteiger partial charge is 0.507 e. The number of ether oxygens (including phenoxy) is 2. The number of alkyl halides is 1. The van der Waals surface area contributed by atoms with E-state index in [0.717, 1.165) is 5.56 Å². The Balaban J connectivity index is 2.24. The van der Waals surface area contributed by atoms with Gasteiger partial charge in [-0.2, -0.15) is 0 Å². The molecular formula is C16H17FO3. The summed E-state index contributed by atoms with van der Waals surface area (Å²) in [6, 6.07) is 12.2. The van der Waals surface area contributed by atoms with Crippen LogP contribution in [0.4, 0.5) is 4.39 Å². The van der Waals surface area contributed by atoms with Crippen LogP contribution in [-0.2, 0) is 0 Å². The van der Waals surface area contributed by atoms with Gasteiger partial charge in [0.2, 0.25) is 0 Å². The number of phenolic OH excluding ortho intramolecular Hbond substituents is 1. The minimum absolute atomic E-state index is 0.0461. The van der Waals surface area contributed by atoms with Gasteiger partial charge in [-0.15, -0.1) is 0 Å². The smallest absolute Gasteiger partial charge is 0.123 e. The number of benzene rings is 2. The maximum absolute atomic E-state index is 12.0. The van der Waals surface area contributed by atoms with Crippen molar-refractivity contribution in [2.75, 3.05) is 19.9 Å². The van der Waals surface area contributed by atoms with Gasteiger partial charge in [-0.3, -0.25) is 0 Å². The maximum Gasteiger partial charge on any atom is 0.123 e. The number of hydrogen-bond donors (Lipinski definition) is 1. The van der Waals surface area contributed by atoms with Crippen LogP contribution in [0.1, 0.15) is 6.92 Å². The molecule has 2 rings (SSSR count). The molecule has 4 heteroatoms. The van der Waals surface area contributed by atoms with E-state index >= 15 is 0 Å². The fourth-order valence-corrected chi connectivity index (χ4v) is 1.89. The first-order valence-electron chi connectivity index (χ1n) is 6.49. The summed E-state index contributed by atoms with van der Waals surface area (Å²) in [5.41, 5.74) is 1.53. The monoisotopic (exact) mass is 276 g/mol. The highest BCUT2D eigenvalue weighted by molar-refractivity contribution is 5.72. The Labute approximate surface area is 117 Å². The van der Waals surface area contributed by atoms with Crippen LogP contribution in [0.5, 0.6) is 17.2 Å². The molecule has 3 nitrogen and oxygen atoms in total. The quantitative estimate of drug-likeness (QED) is 0.872. The molecule has 106 valence electrons. The first-order chi connectivity index (χ1) is 9.74. The van der Waals surface area contributed by atoms with Gasteiger partial charge in [0, 0.05) is 5.56 Å². The second kappa shape index (κ2) is 6.80. The lowest BCUT2D eigenvalue weighted by atomic mass is 10.0. The molecule has 0 unspecified atom stereocenters. The topological polar surface area (TPSA) is 38.7 Å². The number of rotatable bonds is 6. The van der Waals surface area contributed by atoms with E-state index in [1.807, 2.05) is 19.1 Å². The molecule has 0 spiro atoms. The Kier molecular flexibility index (Phi) is 4.82. The highest BCUT2D eigenvalue weighted by Gasteiger charge is 2.06. The van der Waals surface area contributed by atoms with Crippen LogP contribution in [0.2, 0.25) is 0 Å². The first kappa shape index (κ1) is 14.2. The lowest BCUT2D eigenvalue weighted by Gasteiger charge is -2.09. The fourth-order valence-electron chi connectivity index (χ4n) is 1.89. The Hall–Kier alpha value is -2.23. The molecule has 0 aliphatic carbocycles. The third-order valence-electron chi connectivity index (χ3n) is 2.79. The summed E-state index contributed by atoms with van der Waals surface area (Å²) in [7, 11) is 0. The van der Waals surface area contributed by atoms with E-state index in [2.05, 4.69) is 0 Å². The third kappa shape index (κ3) is 3.41. The van der Waals surface area contributed by atoms with Crippen LogP contribution in [0.25, 0.3) is 11.1 Å². The van der Waals surface area contributed by atoms with Crippen molar-refractivity contribution in [1.82, 2.24) is 0 Å². The zero-order valence-electron chi connectivity index (χ0n) is 11.3. The number of halogens is 1. The van der Waals surface area contributed by atoms with Crippen molar-refractivity contribution in [3.05, 3.63) is 42.5 Å². The highest BCUT2D eigenvalue weighted by atomic mass is 19.1. The summed E-state index contributed by atoms with van der Waals surface area (Å²) >= 11 is 0. The molecule has 2 aromatic rings. The van der Waals surface area contributed by atoms with Gasteiger partial charge < -0.3 is 14.6 Å². The SMILES string of the molecule is CCOc1ccc(O)c(-c2ccc(OCCF)cc2)c1. The maximum atomic E-state index is 12.0. The number of phenols is 1. The van der Waals surface area contributed by atoms with Crippen molar-refractivity contribution in [2.24, 2.45) is 0 Å². The average molecular weight is 276 g/mol. The summed E-state index contributed by atoms with van der Waals surface area (Å²) in [6.07, 6.45) is 0. The lowest BCUT2D eigenvalue weighted by molar-refractivity contribution is 0.273. The van der Waals surface area contributed by atoms with E-state index in [4.69, 9.17) is 9.47 Å². The Morgan fingerprint density at radius 3 is 2.35 bits per heavy atom.